The molecule has 2 aliphatic rings. The second kappa shape index (κ2) is 7.14. The molecule has 4 rings (SSSR count). The van der Waals surface area contributed by atoms with Crippen LogP contribution in [0.2, 0.25) is 0 Å². The maximum Gasteiger partial charge on any atom is 0.416 e. The second-order valence-corrected chi connectivity index (χ2v) is 7.06. The molecule has 0 aliphatic carbocycles. The van der Waals surface area contributed by atoms with Crippen molar-refractivity contribution in [3.05, 3.63) is 76.5 Å². The van der Waals surface area contributed by atoms with Crippen molar-refractivity contribution in [2.24, 2.45) is 0 Å². The molecule has 162 valence electrons. The number of anilines is 1. The summed E-state index contributed by atoms with van der Waals surface area (Å²) in [5.41, 5.74) is -2.62. The first-order chi connectivity index (χ1) is 14.5. The van der Waals surface area contributed by atoms with E-state index in [2.05, 4.69) is 0 Å². The minimum Gasteiger partial charge on any atom is -0.456 e. The molecule has 1 unspecified atom stereocenters. The van der Waals surface area contributed by atoms with Crippen LogP contribution in [0.25, 0.3) is 0 Å². The van der Waals surface area contributed by atoms with Gasteiger partial charge in [0.05, 0.1) is 22.4 Å². The van der Waals surface area contributed by atoms with Crippen LogP contribution >= 0.6 is 0 Å². The van der Waals surface area contributed by atoms with Crippen LogP contribution in [0.5, 0.6) is 0 Å². The number of alkyl halides is 6. The van der Waals surface area contributed by atoms with Crippen LogP contribution in [0.4, 0.5) is 32.0 Å². The summed E-state index contributed by atoms with van der Waals surface area (Å²) >= 11 is 0. The number of ether oxygens (including phenoxy) is 1. The summed E-state index contributed by atoms with van der Waals surface area (Å²) in [6, 6.07) is 8.50. The Labute approximate surface area is 171 Å². The maximum atomic E-state index is 13.5. The Kier molecular flexibility index (Phi) is 4.83. The molecule has 0 bridgehead atoms. The smallest absolute Gasteiger partial charge is 0.416 e. The van der Waals surface area contributed by atoms with E-state index >= 15 is 0 Å². The third-order valence-corrected chi connectivity index (χ3v) is 5.19. The van der Waals surface area contributed by atoms with Gasteiger partial charge in [0.2, 0.25) is 5.91 Å². The molecule has 1 atom stereocenters. The van der Waals surface area contributed by atoms with Gasteiger partial charge < -0.3 is 4.74 Å². The molecular formula is C21H13F6NO3. The fourth-order valence-corrected chi connectivity index (χ4v) is 3.90. The topological polar surface area (TPSA) is 46.6 Å². The monoisotopic (exact) mass is 441 g/mol. The minimum atomic E-state index is -4.72. The van der Waals surface area contributed by atoms with Crippen molar-refractivity contribution in [1.29, 1.82) is 0 Å². The highest BCUT2D eigenvalue weighted by Crippen LogP contribution is 2.46. The quantitative estimate of drug-likeness (QED) is 0.484. The number of halogens is 6. The van der Waals surface area contributed by atoms with E-state index in [-0.39, 0.29) is 22.5 Å². The Morgan fingerprint density at radius 2 is 1.61 bits per heavy atom. The molecular weight excluding hydrogens is 428 g/mol. The molecule has 2 aromatic carbocycles. The molecule has 2 heterocycles. The molecule has 0 fully saturated rings. The Morgan fingerprint density at radius 1 is 0.903 bits per heavy atom. The van der Waals surface area contributed by atoms with E-state index in [1.807, 2.05) is 0 Å². The Morgan fingerprint density at radius 3 is 2.29 bits per heavy atom. The van der Waals surface area contributed by atoms with Gasteiger partial charge in [-0.1, -0.05) is 24.3 Å². The maximum absolute atomic E-state index is 13.5. The van der Waals surface area contributed by atoms with E-state index in [1.54, 1.807) is 0 Å². The summed E-state index contributed by atoms with van der Waals surface area (Å²) in [5, 5.41) is 0. The number of carbonyl (C=O) groups is 2. The number of benzene rings is 2. The number of hydrogen-bond donors (Lipinski definition) is 0. The molecule has 0 N–H and O–H groups in total. The first-order valence-electron chi connectivity index (χ1n) is 9.05. The summed E-state index contributed by atoms with van der Waals surface area (Å²) in [7, 11) is 0. The molecule has 0 saturated carbocycles. The number of amides is 1. The van der Waals surface area contributed by atoms with E-state index in [4.69, 9.17) is 4.74 Å². The predicted octanol–water partition coefficient (Wildman–Crippen LogP) is 5.06. The van der Waals surface area contributed by atoms with Crippen LogP contribution < -0.4 is 4.90 Å². The number of rotatable bonds is 2. The van der Waals surface area contributed by atoms with Gasteiger partial charge in [-0.05, 0) is 29.8 Å². The van der Waals surface area contributed by atoms with E-state index < -0.39 is 54.3 Å². The Hall–Kier alpha value is -3.30. The lowest BCUT2D eigenvalue weighted by Gasteiger charge is -2.33. The van der Waals surface area contributed by atoms with E-state index in [1.165, 1.54) is 24.3 Å². The number of hydrogen-bond acceptors (Lipinski definition) is 3. The van der Waals surface area contributed by atoms with Gasteiger partial charge in [-0.15, -0.1) is 0 Å². The molecule has 10 heteroatoms. The third kappa shape index (κ3) is 3.66. The summed E-state index contributed by atoms with van der Waals surface area (Å²) < 4.78 is 84.8. The summed E-state index contributed by atoms with van der Waals surface area (Å²) in [6.07, 6.45) is -9.92. The highest BCUT2D eigenvalue weighted by atomic mass is 19.4. The summed E-state index contributed by atoms with van der Waals surface area (Å²) in [6.45, 7) is -0.430. The van der Waals surface area contributed by atoms with Crippen LogP contribution in [0, 0.1) is 0 Å². The van der Waals surface area contributed by atoms with Gasteiger partial charge in [0.1, 0.15) is 6.61 Å². The van der Waals surface area contributed by atoms with E-state index in [0.29, 0.717) is 0 Å². The lowest BCUT2D eigenvalue weighted by atomic mass is 9.82. The Balaban J connectivity index is 1.85. The van der Waals surface area contributed by atoms with Crippen LogP contribution in [0.3, 0.4) is 0 Å². The van der Waals surface area contributed by atoms with Gasteiger partial charge in [0.15, 0.2) is 0 Å². The van der Waals surface area contributed by atoms with E-state index in [9.17, 15) is 35.9 Å². The van der Waals surface area contributed by atoms with Crippen molar-refractivity contribution in [1.82, 2.24) is 0 Å². The fraction of sp³-hybridized carbons (Fsp3) is 0.238. The number of nitrogens with zero attached hydrogens (tertiary/aromatic N) is 1. The second-order valence-electron chi connectivity index (χ2n) is 7.06. The SMILES string of the molecule is O=C1OCC2=C1C(c1ccccc1C(F)(F)F)CC(=O)N2c1cccc(C(F)(F)F)c1. The predicted molar refractivity (Wildman–Crippen MR) is 95.7 cm³/mol. The average molecular weight is 441 g/mol. The van der Waals surface area contributed by atoms with Gasteiger partial charge in [0.25, 0.3) is 0 Å². The van der Waals surface area contributed by atoms with Gasteiger partial charge in [0, 0.05) is 18.0 Å². The van der Waals surface area contributed by atoms with Crippen molar-refractivity contribution in [2.75, 3.05) is 11.5 Å². The normalized spacial score (nSPS) is 19.5. The molecule has 4 nitrogen and oxygen atoms in total. The lowest BCUT2D eigenvalue weighted by Crippen LogP contribution is -2.38. The van der Waals surface area contributed by atoms with Gasteiger partial charge >= 0.3 is 18.3 Å². The third-order valence-electron chi connectivity index (χ3n) is 5.19. The highest BCUT2D eigenvalue weighted by Gasteiger charge is 2.46. The first-order valence-corrected chi connectivity index (χ1v) is 9.05. The molecule has 2 aromatic rings. The van der Waals surface area contributed by atoms with Crippen LogP contribution in [-0.4, -0.2) is 18.5 Å². The minimum absolute atomic E-state index is 0.0532. The van der Waals surface area contributed by atoms with Crippen molar-refractivity contribution >= 4 is 17.6 Å². The van der Waals surface area contributed by atoms with Crippen molar-refractivity contribution < 1.29 is 40.7 Å². The number of esters is 1. The number of cyclic esters (lactones) is 1. The zero-order chi connectivity index (χ0) is 22.6. The van der Waals surface area contributed by atoms with Crippen LogP contribution in [-0.2, 0) is 26.7 Å². The molecule has 2 aliphatic heterocycles. The summed E-state index contributed by atoms with van der Waals surface area (Å²) in [5.74, 6) is -2.86. The van der Waals surface area contributed by atoms with Crippen LogP contribution in [0.15, 0.2) is 59.8 Å². The van der Waals surface area contributed by atoms with Crippen molar-refractivity contribution in [2.45, 2.75) is 24.7 Å². The number of carbonyl (C=O) groups excluding carboxylic acids is 2. The van der Waals surface area contributed by atoms with Crippen molar-refractivity contribution in [3.63, 3.8) is 0 Å². The zero-order valence-electron chi connectivity index (χ0n) is 15.6. The first kappa shape index (κ1) is 21.0. The highest BCUT2D eigenvalue weighted by molar-refractivity contribution is 6.06. The van der Waals surface area contributed by atoms with Crippen molar-refractivity contribution in [3.8, 4) is 0 Å². The van der Waals surface area contributed by atoms with Gasteiger partial charge in [-0.25, -0.2) is 4.79 Å². The molecule has 31 heavy (non-hydrogen) atoms. The molecule has 0 aromatic heterocycles. The zero-order valence-corrected chi connectivity index (χ0v) is 15.6. The van der Waals surface area contributed by atoms with E-state index in [0.717, 1.165) is 29.2 Å². The van der Waals surface area contributed by atoms with Gasteiger partial charge in [-0.2, -0.15) is 26.3 Å². The standard InChI is InChI=1S/C21H13F6NO3/c22-20(23,24)11-4-3-5-12(8-11)28-16-10-31-19(30)18(16)14(9-17(28)29)13-6-1-2-7-15(13)21(25,26)27/h1-8,14H,9-10H2. The molecule has 1 amide bonds. The fourth-order valence-electron chi connectivity index (χ4n) is 3.90. The molecule has 0 spiro atoms. The van der Waals surface area contributed by atoms with Crippen LogP contribution in [0.1, 0.15) is 29.0 Å². The molecule has 0 saturated heterocycles. The molecule has 0 radical (unpaired) electrons. The van der Waals surface area contributed by atoms with Gasteiger partial charge in [-0.3, -0.25) is 9.69 Å². The lowest BCUT2D eigenvalue weighted by molar-refractivity contribution is -0.139. The Bertz CT molecular complexity index is 1100. The largest absolute Gasteiger partial charge is 0.456 e. The average Bonchev–Trinajstić information content (AvgIpc) is 3.07. The summed E-state index contributed by atoms with van der Waals surface area (Å²) in [4.78, 5) is 26.2.